The first-order chi connectivity index (χ1) is 12.3. The lowest BCUT2D eigenvalue weighted by atomic mass is 10.1. The van der Waals surface area contributed by atoms with Crippen LogP contribution in [0.15, 0.2) is 67.0 Å². The molecule has 6 heteroatoms. The van der Waals surface area contributed by atoms with Crippen LogP contribution in [0, 0.1) is 0 Å². The predicted octanol–water partition coefficient (Wildman–Crippen LogP) is 4.60. The van der Waals surface area contributed by atoms with Gasteiger partial charge in [0, 0.05) is 29.5 Å². The van der Waals surface area contributed by atoms with Gasteiger partial charge in [0.1, 0.15) is 0 Å². The number of benzene rings is 2. The Hall–Kier alpha value is -2.18. The third kappa shape index (κ3) is 3.60. The monoisotopic (exact) mass is 367 g/mol. The first-order valence-corrected chi connectivity index (χ1v) is 10.1. The molecule has 1 saturated heterocycles. The van der Waals surface area contributed by atoms with E-state index in [2.05, 4.69) is 22.5 Å². The smallest absolute Gasteiger partial charge is 0.255 e. The van der Waals surface area contributed by atoms with E-state index >= 15 is 0 Å². The quantitative estimate of drug-likeness (QED) is 0.732. The van der Waals surface area contributed by atoms with Crippen LogP contribution in [0.5, 0.6) is 0 Å². The molecular weight excluding hydrogens is 350 g/mol. The van der Waals surface area contributed by atoms with E-state index in [1.807, 2.05) is 72.2 Å². The molecule has 1 fully saturated rings. The van der Waals surface area contributed by atoms with Crippen molar-refractivity contribution < 1.29 is 4.79 Å². The Balaban J connectivity index is 1.53. The van der Waals surface area contributed by atoms with E-state index in [1.165, 1.54) is 17.1 Å². The van der Waals surface area contributed by atoms with E-state index in [9.17, 15) is 4.79 Å². The minimum Gasteiger partial charge on any atom is -0.320 e. The Bertz CT molecular complexity index is 857. The molecule has 3 aromatic rings. The van der Waals surface area contributed by atoms with Gasteiger partial charge < -0.3 is 5.32 Å². The fourth-order valence-electron chi connectivity index (χ4n) is 2.73. The number of aromatic nitrogens is 2. The molecule has 1 N–H and O–H groups in total. The summed E-state index contributed by atoms with van der Waals surface area (Å²) in [5.74, 6) is 2.28. The van der Waals surface area contributed by atoms with Gasteiger partial charge in [0.25, 0.3) is 5.91 Å². The molecule has 126 valence electrons. The van der Waals surface area contributed by atoms with Crippen molar-refractivity contribution in [2.45, 2.75) is 4.58 Å². The highest BCUT2D eigenvalue weighted by Crippen LogP contribution is 2.45. The maximum atomic E-state index is 12.6. The molecule has 0 radical (unpaired) electrons. The second-order valence-electron chi connectivity index (χ2n) is 5.62. The molecule has 1 aliphatic heterocycles. The Kier molecular flexibility index (Phi) is 4.81. The highest BCUT2D eigenvalue weighted by atomic mass is 32.2. The van der Waals surface area contributed by atoms with Crippen molar-refractivity contribution in [2.75, 3.05) is 16.8 Å². The molecule has 1 aliphatic rings. The number of thioether (sulfide) groups is 2. The number of nitrogens with one attached hydrogen (secondary N) is 1. The fraction of sp³-hybridized carbons (Fsp3) is 0.158. The molecule has 1 aromatic heterocycles. The number of amides is 1. The Labute approximate surface area is 155 Å². The van der Waals surface area contributed by atoms with Crippen LogP contribution in [0.3, 0.4) is 0 Å². The summed E-state index contributed by atoms with van der Waals surface area (Å²) >= 11 is 3.93. The molecule has 2 heterocycles. The number of rotatable bonds is 4. The topological polar surface area (TPSA) is 46.9 Å². The van der Waals surface area contributed by atoms with Crippen LogP contribution in [0.4, 0.5) is 5.69 Å². The van der Waals surface area contributed by atoms with Gasteiger partial charge in [0.05, 0.1) is 16.0 Å². The SMILES string of the molecule is O=C(Nc1ccccc1-n1cccn1)c1ccc(C2SCCS2)cc1. The molecule has 1 amide bonds. The second-order valence-corrected chi connectivity index (χ2v) is 8.34. The molecule has 2 aromatic carbocycles. The van der Waals surface area contributed by atoms with Crippen molar-refractivity contribution in [1.82, 2.24) is 9.78 Å². The summed E-state index contributed by atoms with van der Waals surface area (Å²) in [7, 11) is 0. The van der Waals surface area contributed by atoms with Gasteiger partial charge >= 0.3 is 0 Å². The molecule has 25 heavy (non-hydrogen) atoms. The number of carbonyl (C=O) groups excluding carboxylic acids is 1. The van der Waals surface area contributed by atoms with E-state index in [1.54, 1.807) is 10.9 Å². The highest BCUT2D eigenvalue weighted by molar-refractivity contribution is 8.19. The van der Waals surface area contributed by atoms with Crippen LogP contribution < -0.4 is 5.32 Å². The van der Waals surface area contributed by atoms with Crippen molar-refractivity contribution in [2.24, 2.45) is 0 Å². The summed E-state index contributed by atoms with van der Waals surface area (Å²) in [6, 6.07) is 17.4. The second kappa shape index (κ2) is 7.37. The maximum Gasteiger partial charge on any atom is 0.255 e. The zero-order valence-corrected chi connectivity index (χ0v) is 15.1. The normalized spacial score (nSPS) is 14.6. The molecular formula is C19H17N3OS2. The Morgan fingerprint density at radius 2 is 1.80 bits per heavy atom. The van der Waals surface area contributed by atoms with Crippen LogP contribution in [0.25, 0.3) is 5.69 Å². The van der Waals surface area contributed by atoms with Gasteiger partial charge in [-0.3, -0.25) is 4.79 Å². The number of nitrogens with zero attached hydrogens (tertiary/aromatic N) is 2. The number of anilines is 1. The van der Waals surface area contributed by atoms with E-state index in [-0.39, 0.29) is 5.91 Å². The maximum absolute atomic E-state index is 12.6. The van der Waals surface area contributed by atoms with Gasteiger partial charge in [-0.1, -0.05) is 24.3 Å². The Morgan fingerprint density at radius 1 is 1.04 bits per heavy atom. The van der Waals surface area contributed by atoms with Crippen LogP contribution >= 0.6 is 23.5 Å². The summed E-state index contributed by atoms with van der Waals surface area (Å²) in [4.78, 5) is 12.6. The molecule has 0 saturated carbocycles. The predicted molar refractivity (Wildman–Crippen MR) is 106 cm³/mol. The minimum atomic E-state index is -0.113. The van der Waals surface area contributed by atoms with Gasteiger partial charge in [-0.05, 0) is 35.9 Å². The lowest BCUT2D eigenvalue weighted by molar-refractivity contribution is 0.102. The van der Waals surface area contributed by atoms with Crippen LogP contribution in [-0.2, 0) is 0 Å². The Morgan fingerprint density at radius 3 is 2.52 bits per heavy atom. The summed E-state index contributed by atoms with van der Waals surface area (Å²) in [5.41, 5.74) is 3.52. The standard InChI is InChI=1S/C19H17N3OS2/c23-18(14-6-8-15(9-7-14)19-24-12-13-25-19)21-16-4-1-2-5-17(16)22-11-3-10-20-22/h1-11,19H,12-13H2,(H,21,23). The highest BCUT2D eigenvalue weighted by Gasteiger charge is 2.18. The van der Waals surface area contributed by atoms with Gasteiger partial charge in [0.15, 0.2) is 0 Å². The molecule has 4 nitrogen and oxygen atoms in total. The largest absolute Gasteiger partial charge is 0.320 e. The van der Waals surface area contributed by atoms with Crippen LogP contribution in [0.1, 0.15) is 20.5 Å². The molecule has 0 bridgehead atoms. The van der Waals surface area contributed by atoms with Crippen LogP contribution in [-0.4, -0.2) is 27.2 Å². The van der Waals surface area contributed by atoms with Crippen LogP contribution in [0.2, 0.25) is 0 Å². The van der Waals surface area contributed by atoms with Crippen molar-refractivity contribution in [1.29, 1.82) is 0 Å². The van der Waals surface area contributed by atoms with Gasteiger partial charge in [-0.15, -0.1) is 23.5 Å². The molecule has 0 atom stereocenters. The summed E-state index contributed by atoms with van der Waals surface area (Å²) < 4.78 is 2.24. The van der Waals surface area contributed by atoms with E-state index in [0.717, 1.165) is 11.4 Å². The molecule has 0 unspecified atom stereocenters. The molecule has 0 aliphatic carbocycles. The zero-order valence-electron chi connectivity index (χ0n) is 13.5. The van der Waals surface area contributed by atoms with Crippen molar-refractivity contribution >= 4 is 35.1 Å². The fourth-order valence-corrected chi connectivity index (χ4v) is 5.59. The van der Waals surface area contributed by atoms with Gasteiger partial charge in [0.2, 0.25) is 0 Å². The summed E-state index contributed by atoms with van der Waals surface area (Å²) in [5, 5.41) is 7.24. The van der Waals surface area contributed by atoms with E-state index in [4.69, 9.17) is 0 Å². The summed E-state index contributed by atoms with van der Waals surface area (Å²) in [6.45, 7) is 0. The van der Waals surface area contributed by atoms with Crippen molar-refractivity contribution in [3.8, 4) is 5.69 Å². The number of carbonyl (C=O) groups is 1. The first kappa shape index (κ1) is 16.3. The van der Waals surface area contributed by atoms with Gasteiger partial charge in [-0.25, -0.2) is 4.68 Å². The van der Waals surface area contributed by atoms with Gasteiger partial charge in [-0.2, -0.15) is 5.10 Å². The molecule has 0 spiro atoms. The molecule has 4 rings (SSSR count). The average molecular weight is 367 g/mol. The minimum absolute atomic E-state index is 0.113. The lowest BCUT2D eigenvalue weighted by Gasteiger charge is -2.12. The summed E-state index contributed by atoms with van der Waals surface area (Å²) in [6.07, 6.45) is 3.58. The zero-order chi connectivity index (χ0) is 17.1. The van der Waals surface area contributed by atoms with Crippen molar-refractivity contribution in [3.05, 3.63) is 78.1 Å². The van der Waals surface area contributed by atoms with E-state index in [0.29, 0.717) is 10.1 Å². The number of para-hydroxylation sites is 2. The number of hydrogen-bond donors (Lipinski definition) is 1. The lowest BCUT2D eigenvalue weighted by Crippen LogP contribution is -2.14. The average Bonchev–Trinajstić information content (AvgIpc) is 3.36. The van der Waals surface area contributed by atoms with E-state index < -0.39 is 0 Å². The third-order valence-corrected chi connectivity index (χ3v) is 7.07. The number of hydrogen-bond acceptors (Lipinski definition) is 4. The third-order valence-electron chi connectivity index (χ3n) is 3.97. The van der Waals surface area contributed by atoms with Crippen molar-refractivity contribution in [3.63, 3.8) is 0 Å². The first-order valence-electron chi connectivity index (χ1n) is 8.05.